The van der Waals surface area contributed by atoms with Gasteiger partial charge in [-0.1, -0.05) is 30.2 Å². The number of aromatic nitrogens is 2. The Bertz CT molecular complexity index is 693. The first-order valence-electron chi connectivity index (χ1n) is 7.10. The molecule has 0 saturated heterocycles. The third kappa shape index (κ3) is 4.09. The Morgan fingerprint density at radius 2 is 2.04 bits per heavy atom. The molecule has 0 atom stereocenters. The SMILES string of the molecule is CCCc1nnc(Oc2ccccc2/C(=C\OC)C(=O)OC)o1. The summed E-state index contributed by atoms with van der Waals surface area (Å²) in [5.74, 6) is 0.341. The average Bonchev–Trinajstić information content (AvgIpc) is 3.00. The zero-order valence-electron chi connectivity index (χ0n) is 13.2. The Morgan fingerprint density at radius 3 is 2.74 bits per heavy atom. The molecule has 2 rings (SSSR count). The van der Waals surface area contributed by atoms with Crippen LogP contribution in [-0.2, 0) is 20.7 Å². The first-order valence-corrected chi connectivity index (χ1v) is 7.10. The molecule has 1 heterocycles. The van der Waals surface area contributed by atoms with Gasteiger partial charge in [0, 0.05) is 12.0 Å². The van der Waals surface area contributed by atoms with E-state index >= 15 is 0 Å². The molecule has 0 aliphatic carbocycles. The van der Waals surface area contributed by atoms with E-state index in [-0.39, 0.29) is 11.6 Å². The molecule has 0 aliphatic heterocycles. The number of esters is 1. The summed E-state index contributed by atoms with van der Waals surface area (Å²) in [6.45, 7) is 2.01. The maximum atomic E-state index is 11.9. The molecule has 7 heteroatoms. The molecule has 122 valence electrons. The fourth-order valence-corrected chi connectivity index (χ4v) is 1.92. The molecule has 23 heavy (non-hydrogen) atoms. The van der Waals surface area contributed by atoms with Crippen molar-refractivity contribution in [3.05, 3.63) is 42.0 Å². The van der Waals surface area contributed by atoms with E-state index in [4.69, 9.17) is 18.6 Å². The van der Waals surface area contributed by atoms with E-state index in [1.54, 1.807) is 24.3 Å². The van der Waals surface area contributed by atoms with Crippen molar-refractivity contribution in [2.24, 2.45) is 0 Å². The van der Waals surface area contributed by atoms with Gasteiger partial charge in [-0.2, -0.15) is 0 Å². The van der Waals surface area contributed by atoms with Crippen molar-refractivity contribution >= 4 is 11.5 Å². The Balaban J connectivity index is 2.32. The fourth-order valence-electron chi connectivity index (χ4n) is 1.92. The van der Waals surface area contributed by atoms with Gasteiger partial charge in [0.2, 0.25) is 5.89 Å². The molecule has 2 aromatic rings. The quantitative estimate of drug-likeness (QED) is 0.441. The number of benzene rings is 1. The summed E-state index contributed by atoms with van der Waals surface area (Å²) in [7, 11) is 2.74. The van der Waals surface area contributed by atoms with Gasteiger partial charge in [-0.25, -0.2) is 4.79 Å². The number of carbonyl (C=O) groups is 1. The van der Waals surface area contributed by atoms with Crippen molar-refractivity contribution in [1.29, 1.82) is 0 Å². The summed E-state index contributed by atoms with van der Waals surface area (Å²) in [4.78, 5) is 11.9. The summed E-state index contributed by atoms with van der Waals surface area (Å²) in [6, 6.07) is 6.93. The molecule has 0 amide bonds. The van der Waals surface area contributed by atoms with E-state index in [9.17, 15) is 4.79 Å². The third-order valence-corrected chi connectivity index (χ3v) is 2.93. The van der Waals surface area contributed by atoms with E-state index in [1.807, 2.05) is 6.92 Å². The minimum atomic E-state index is -0.542. The summed E-state index contributed by atoms with van der Waals surface area (Å²) < 4.78 is 20.7. The lowest BCUT2D eigenvalue weighted by Gasteiger charge is -2.10. The molecule has 0 spiro atoms. The number of ether oxygens (including phenoxy) is 3. The van der Waals surface area contributed by atoms with Gasteiger partial charge in [0.25, 0.3) is 0 Å². The minimum Gasteiger partial charge on any atom is -0.503 e. The molecule has 7 nitrogen and oxygen atoms in total. The lowest BCUT2D eigenvalue weighted by Crippen LogP contribution is -2.05. The van der Waals surface area contributed by atoms with Crippen molar-refractivity contribution in [2.75, 3.05) is 14.2 Å². The van der Waals surface area contributed by atoms with Crippen LogP contribution in [0, 0.1) is 0 Å². The first-order chi connectivity index (χ1) is 11.2. The van der Waals surface area contributed by atoms with Crippen LogP contribution in [0.1, 0.15) is 24.8 Å². The molecule has 0 aliphatic rings. The number of aryl methyl sites for hydroxylation is 1. The van der Waals surface area contributed by atoms with Gasteiger partial charge in [-0.15, -0.1) is 5.10 Å². The smallest absolute Gasteiger partial charge is 0.420 e. The average molecular weight is 318 g/mol. The van der Waals surface area contributed by atoms with Gasteiger partial charge in [0.15, 0.2) is 0 Å². The molecule has 0 bridgehead atoms. The highest BCUT2D eigenvalue weighted by molar-refractivity contribution is 6.16. The van der Waals surface area contributed by atoms with Crippen LogP contribution in [0.3, 0.4) is 0 Å². The number of para-hydroxylation sites is 1. The van der Waals surface area contributed by atoms with Gasteiger partial charge >= 0.3 is 12.0 Å². The van der Waals surface area contributed by atoms with E-state index in [0.717, 1.165) is 6.42 Å². The number of hydrogen-bond acceptors (Lipinski definition) is 7. The molecular weight excluding hydrogens is 300 g/mol. The lowest BCUT2D eigenvalue weighted by atomic mass is 10.1. The first kappa shape index (κ1) is 16.5. The standard InChI is InChI=1S/C16H18N2O5/c1-4-7-14-17-18-16(23-14)22-13-9-6-5-8-11(13)12(10-20-2)15(19)21-3/h5-6,8-10H,4,7H2,1-3H3/b12-10+. The molecule has 0 unspecified atom stereocenters. The van der Waals surface area contributed by atoms with Crippen LogP contribution in [0.5, 0.6) is 11.8 Å². The van der Waals surface area contributed by atoms with Crippen LogP contribution in [0.2, 0.25) is 0 Å². The number of rotatable bonds is 7. The second kappa shape index (κ2) is 7.98. The van der Waals surface area contributed by atoms with Crippen LogP contribution >= 0.6 is 0 Å². The maximum Gasteiger partial charge on any atom is 0.420 e. The van der Waals surface area contributed by atoms with E-state index in [0.29, 0.717) is 23.6 Å². The monoisotopic (exact) mass is 318 g/mol. The number of methoxy groups -OCH3 is 2. The number of hydrogen-bond donors (Lipinski definition) is 0. The maximum absolute atomic E-state index is 11.9. The number of nitrogens with zero attached hydrogens (tertiary/aromatic N) is 2. The largest absolute Gasteiger partial charge is 0.503 e. The predicted molar refractivity (Wildman–Crippen MR) is 81.8 cm³/mol. The van der Waals surface area contributed by atoms with Gasteiger partial charge in [-0.05, 0) is 12.5 Å². The van der Waals surface area contributed by atoms with Crippen LogP contribution in [-0.4, -0.2) is 30.4 Å². The van der Waals surface area contributed by atoms with Gasteiger partial charge in [0.05, 0.1) is 20.5 Å². The van der Waals surface area contributed by atoms with E-state index in [1.165, 1.54) is 20.5 Å². The number of carbonyl (C=O) groups excluding carboxylic acids is 1. The molecular formula is C16H18N2O5. The second-order valence-corrected chi connectivity index (χ2v) is 4.57. The normalized spacial score (nSPS) is 11.2. The molecule has 0 saturated carbocycles. The van der Waals surface area contributed by atoms with Gasteiger partial charge in [0.1, 0.15) is 11.3 Å². The molecule has 0 fully saturated rings. The summed E-state index contributed by atoms with van der Waals surface area (Å²) in [6.07, 6.45) is 2.88. The zero-order chi connectivity index (χ0) is 16.7. The van der Waals surface area contributed by atoms with Crippen molar-refractivity contribution in [3.63, 3.8) is 0 Å². The summed E-state index contributed by atoms with van der Waals surface area (Å²) in [5, 5.41) is 7.73. The highest BCUT2D eigenvalue weighted by Gasteiger charge is 2.19. The highest BCUT2D eigenvalue weighted by atomic mass is 16.6. The summed E-state index contributed by atoms with van der Waals surface area (Å²) >= 11 is 0. The van der Waals surface area contributed by atoms with Gasteiger partial charge in [-0.3, -0.25) is 0 Å². The fraction of sp³-hybridized carbons (Fsp3) is 0.312. The van der Waals surface area contributed by atoms with Crippen LogP contribution in [0.15, 0.2) is 34.9 Å². The topological polar surface area (TPSA) is 83.7 Å². The predicted octanol–water partition coefficient (Wildman–Crippen LogP) is 2.97. The van der Waals surface area contributed by atoms with Crippen LogP contribution < -0.4 is 4.74 Å². The Labute approximate surface area is 133 Å². The summed E-state index contributed by atoms with van der Waals surface area (Å²) in [5.41, 5.74) is 0.718. The van der Waals surface area contributed by atoms with Crippen LogP contribution in [0.25, 0.3) is 5.57 Å². The molecule has 0 radical (unpaired) electrons. The van der Waals surface area contributed by atoms with E-state index in [2.05, 4.69) is 10.2 Å². The second-order valence-electron chi connectivity index (χ2n) is 4.57. The van der Waals surface area contributed by atoms with Crippen molar-refractivity contribution < 1.29 is 23.4 Å². The zero-order valence-corrected chi connectivity index (χ0v) is 13.2. The molecule has 1 aromatic heterocycles. The van der Waals surface area contributed by atoms with E-state index < -0.39 is 5.97 Å². The van der Waals surface area contributed by atoms with Crippen molar-refractivity contribution in [2.45, 2.75) is 19.8 Å². The Hall–Kier alpha value is -2.83. The van der Waals surface area contributed by atoms with Gasteiger partial charge < -0.3 is 18.6 Å². The molecule has 1 aromatic carbocycles. The Kier molecular flexibility index (Phi) is 5.74. The Morgan fingerprint density at radius 1 is 1.26 bits per heavy atom. The third-order valence-electron chi connectivity index (χ3n) is 2.93. The highest BCUT2D eigenvalue weighted by Crippen LogP contribution is 2.30. The van der Waals surface area contributed by atoms with Crippen molar-refractivity contribution in [1.82, 2.24) is 10.2 Å². The van der Waals surface area contributed by atoms with Crippen molar-refractivity contribution in [3.8, 4) is 11.8 Å². The lowest BCUT2D eigenvalue weighted by molar-refractivity contribution is -0.133. The van der Waals surface area contributed by atoms with Crippen LogP contribution in [0.4, 0.5) is 0 Å². The minimum absolute atomic E-state index is 0.0162. The molecule has 0 N–H and O–H groups in total.